The molecule has 0 unspecified atom stereocenters. The second kappa shape index (κ2) is 10.7. The zero-order chi connectivity index (χ0) is 24.9. The van der Waals surface area contributed by atoms with Crippen molar-refractivity contribution in [3.05, 3.63) is 63.2 Å². The molecule has 3 rings (SSSR count). The molecule has 2 aromatic carbocycles. The molecule has 1 aliphatic rings. The van der Waals surface area contributed by atoms with Gasteiger partial charge >= 0.3 is 5.97 Å². The van der Waals surface area contributed by atoms with E-state index in [1.54, 1.807) is 26.0 Å². The Morgan fingerprint density at radius 1 is 1.03 bits per heavy atom. The Bertz CT molecular complexity index is 1200. The highest BCUT2D eigenvalue weighted by atomic mass is 32.2. The lowest BCUT2D eigenvalue weighted by Crippen LogP contribution is -2.32. The first-order valence-electron chi connectivity index (χ1n) is 10.9. The second-order valence-electron chi connectivity index (χ2n) is 8.18. The molecule has 1 fully saturated rings. The maximum absolute atomic E-state index is 13.2. The SMILES string of the molecule is Cc1ccc(C(=O)OCC(=O)Nc2ccc(C)c(S(=O)(=O)N3CCCCCC3)c2)cc1[N+](=O)[O-]. The first-order chi connectivity index (χ1) is 16.1. The van der Waals surface area contributed by atoms with Crippen LogP contribution in [0.5, 0.6) is 0 Å². The lowest BCUT2D eigenvalue weighted by atomic mass is 10.1. The Morgan fingerprint density at radius 3 is 2.32 bits per heavy atom. The van der Waals surface area contributed by atoms with Gasteiger partial charge in [-0.3, -0.25) is 14.9 Å². The molecule has 0 aliphatic carbocycles. The number of nitrogens with zero attached hydrogens (tertiary/aromatic N) is 2. The third-order valence-corrected chi connectivity index (χ3v) is 7.67. The predicted octanol–water partition coefficient (Wildman–Crippen LogP) is 3.57. The summed E-state index contributed by atoms with van der Waals surface area (Å²) in [5.74, 6) is -1.55. The molecule has 0 atom stereocenters. The number of nitro benzene ring substituents is 1. The van der Waals surface area contributed by atoms with E-state index in [4.69, 9.17) is 4.74 Å². The van der Waals surface area contributed by atoms with Gasteiger partial charge in [0.2, 0.25) is 10.0 Å². The van der Waals surface area contributed by atoms with Crippen molar-refractivity contribution >= 4 is 33.3 Å². The van der Waals surface area contributed by atoms with Gasteiger partial charge in [0, 0.05) is 30.4 Å². The number of benzene rings is 2. The van der Waals surface area contributed by atoms with Crippen molar-refractivity contribution in [2.24, 2.45) is 0 Å². The lowest BCUT2D eigenvalue weighted by molar-refractivity contribution is -0.385. The summed E-state index contributed by atoms with van der Waals surface area (Å²) in [6.45, 7) is 3.53. The molecule has 1 heterocycles. The number of nitrogens with one attached hydrogen (secondary N) is 1. The van der Waals surface area contributed by atoms with Gasteiger partial charge in [-0.1, -0.05) is 25.0 Å². The average molecular weight is 490 g/mol. The van der Waals surface area contributed by atoms with E-state index in [1.165, 1.54) is 22.5 Å². The van der Waals surface area contributed by atoms with Crippen LogP contribution in [-0.2, 0) is 19.6 Å². The zero-order valence-corrected chi connectivity index (χ0v) is 19.9. The van der Waals surface area contributed by atoms with E-state index >= 15 is 0 Å². The molecule has 2 aromatic rings. The van der Waals surface area contributed by atoms with Crippen molar-refractivity contribution in [2.75, 3.05) is 25.0 Å². The second-order valence-corrected chi connectivity index (χ2v) is 10.1. The molecule has 1 N–H and O–H groups in total. The molecule has 10 nitrogen and oxygen atoms in total. The van der Waals surface area contributed by atoms with Crippen LogP contribution < -0.4 is 5.32 Å². The van der Waals surface area contributed by atoms with Crippen molar-refractivity contribution in [1.29, 1.82) is 0 Å². The Hall–Kier alpha value is -3.31. The fourth-order valence-corrected chi connectivity index (χ4v) is 5.49. The first kappa shape index (κ1) is 25.3. The van der Waals surface area contributed by atoms with Gasteiger partial charge in [-0.25, -0.2) is 13.2 Å². The van der Waals surface area contributed by atoms with Crippen LogP contribution >= 0.6 is 0 Å². The van der Waals surface area contributed by atoms with Crippen molar-refractivity contribution in [3.8, 4) is 0 Å². The van der Waals surface area contributed by atoms with Crippen LogP contribution in [0.15, 0.2) is 41.3 Å². The normalized spacial score (nSPS) is 14.8. The molecule has 0 saturated carbocycles. The molecular weight excluding hydrogens is 462 g/mol. The largest absolute Gasteiger partial charge is 0.452 e. The number of carbonyl (C=O) groups is 2. The van der Waals surface area contributed by atoms with Crippen LogP contribution in [0.2, 0.25) is 0 Å². The number of hydrogen-bond donors (Lipinski definition) is 1. The van der Waals surface area contributed by atoms with E-state index in [2.05, 4.69) is 5.32 Å². The summed E-state index contributed by atoms with van der Waals surface area (Å²) >= 11 is 0. The maximum atomic E-state index is 13.2. The van der Waals surface area contributed by atoms with Crippen LogP contribution in [0.3, 0.4) is 0 Å². The third kappa shape index (κ3) is 5.97. The number of hydrogen-bond acceptors (Lipinski definition) is 7. The van der Waals surface area contributed by atoms with Gasteiger partial charge in [-0.2, -0.15) is 4.31 Å². The third-order valence-electron chi connectivity index (χ3n) is 5.63. The minimum Gasteiger partial charge on any atom is -0.452 e. The number of rotatable bonds is 7. The van der Waals surface area contributed by atoms with Crippen molar-refractivity contribution in [1.82, 2.24) is 4.31 Å². The number of nitro groups is 1. The summed E-state index contributed by atoms with van der Waals surface area (Å²) in [4.78, 5) is 35.1. The highest BCUT2D eigenvalue weighted by molar-refractivity contribution is 7.89. The standard InChI is InChI=1S/C23H27N3O7S/c1-16-7-9-18(13-20(16)26(29)30)23(28)33-15-22(27)24-19-10-8-17(2)21(14-19)34(31,32)25-11-5-3-4-6-12-25/h7-10,13-14H,3-6,11-12,15H2,1-2H3,(H,24,27). The zero-order valence-electron chi connectivity index (χ0n) is 19.1. The fourth-order valence-electron chi connectivity index (χ4n) is 3.72. The number of ether oxygens (including phenoxy) is 1. The predicted molar refractivity (Wildman–Crippen MR) is 125 cm³/mol. The summed E-state index contributed by atoms with van der Waals surface area (Å²) in [5.41, 5.74) is 0.938. The van der Waals surface area contributed by atoms with E-state index < -0.39 is 33.4 Å². The van der Waals surface area contributed by atoms with Gasteiger partial charge in [0.05, 0.1) is 15.4 Å². The molecule has 0 aromatic heterocycles. The molecule has 1 aliphatic heterocycles. The molecule has 182 valence electrons. The van der Waals surface area contributed by atoms with Crippen molar-refractivity contribution < 1.29 is 27.7 Å². The summed E-state index contributed by atoms with van der Waals surface area (Å²) in [7, 11) is -3.71. The van der Waals surface area contributed by atoms with Crippen LogP contribution in [0.25, 0.3) is 0 Å². The lowest BCUT2D eigenvalue weighted by Gasteiger charge is -2.21. The van der Waals surface area contributed by atoms with E-state index in [9.17, 15) is 28.1 Å². The van der Waals surface area contributed by atoms with Gasteiger partial charge in [-0.05, 0) is 50.5 Å². The molecule has 0 bridgehead atoms. The van der Waals surface area contributed by atoms with Crippen molar-refractivity contribution in [3.63, 3.8) is 0 Å². The number of carbonyl (C=O) groups excluding carboxylic acids is 2. The molecule has 11 heteroatoms. The molecule has 0 radical (unpaired) electrons. The molecule has 0 spiro atoms. The van der Waals surface area contributed by atoms with Gasteiger partial charge in [0.25, 0.3) is 11.6 Å². The summed E-state index contributed by atoms with van der Waals surface area (Å²) in [6, 6.07) is 8.47. The monoisotopic (exact) mass is 489 g/mol. The Balaban J connectivity index is 1.67. The number of sulfonamides is 1. The Kier molecular flexibility index (Phi) is 8.00. The highest BCUT2D eigenvalue weighted by Crippen LogP contribution is 2.26. The van der Waals surface area contributed by atoms with Gasteiger partial charge in [0.15, 0.2) is 6.61 Å². The Morgan fingerprint density at radius 2 is 1.68 bits per heavy atom. The topological polar surface area (TPSA) is 136 Å². The Labute approximate surface area is 198 Å². The number of amides is 1. The molecule has 34 heavy (non-hydrogen) atoms. The van der Waals surface area contributed by atoms with Crippen molar-refractivity contribution in [2.45, 2.75) is 44.4 Å². The number of esters is 1. The summed E-state index contributed by atoms with van der Waals surface area (Å²) in [6.07, 6.45) is 3.61. The first-order valence-corrected chi connectivity index (χ1v) is 12.4. The van der Waals surface area contributed by atoms with E-state index in [0.717, 1.165) is 31.7 Å². The van der Waals surface area contributed by atoms with Crippen LogP contribution in [-0.4, -0.2) is 49.2 Å². The summed E-state index contributed by atoms with van der Waals surface area (Å²) < 4.78 is 32.8. The van der Waals surface area contributed by atoms with Gasteiger partial charge in [0.1, 0.15) is 0 Å². The van der Waals surface area contributed by atoms with Crippen LogP contribution in [0.1, 0.15) is 47.2 Å². The van der Waals surface area contributed by atoms with Gasteiger partial charge < -0.3 is 10.1 Å². The fraction of sp³-hybridized carbons (Fsp3) is 0.391. The van der Waals surface area contributed by atoms with E-state index in [1.807, 2.05) is 0 Å². The maximum Gasteiger partial charge on any atom is 0.338 e. The van der Waals surface area contributed by atoms with E-state index in [0.29, 0.717) is 24.2 Å². The number of anilines is 1. The molecular formula is C23H27N3O7S. The smallest absolute Gasteiger partial charge is 0.338 e. The quantitative estimate of drug-likeness (QED) is 0.357. The highest BCUT2D eigenvalue weighted by Gasteiger charge is 2.27. The molecule has 1 amide bonds. The van der Waals surface area contributed by atoms with Gasteiger partial charge in [-0.15, -0.1) is 0 Å². The average Bonchev–Trinajstić information content (AvgIpc) is 3.09. The molecule has 1 saturated heterocycles. The van der Waals surface area contributed by atoms with E-state index in [-0.39, 0.29) is 21.8 Å². The summed E-state index contributed by atoms with van der Waals surface area (Å²) in [5, 5.41) is 13.6. The number of aryl methyl sites for hydroxylation is 2. The van der Waals surface area contributed by atoms with Crippen LogP contribution in [0.4, 0.5) is 11.4 Å². The van der Waals surface area contributed by atoms with Crippen LogP contribution in [0, 0.1) is 24.0 Å². The minimum absolute atomic E-state index is 0.0498. The minimum atomic E-state index is -3.71.